The van der Waals surface area contributed by atoms with Crippen molar-refractivity contribution in [1.82, 2.24) is 4.57 Å². The zero-order chi connectivity index (χ0) is 45.2. The highest BCUT2D eigenvalue weighted by atomic mass is 15.1. The molecule has 68 heavy (non-hydrogen) atoms. The van der Waals surface area contributed by atoms with Gasteiger partial charge in [-0.3, -0.25) is 0 Å². The van der Waals surface area contributed by atoms with Gasteiger partial charge in [0.15, 0.2) is 0 Å². The molecule has 1 aromatic heterocycles. The Morgan fingerprint density at radius 2 is 1.13 bits per heavy atom. The number of benzene rings is 10. The van der Waals surface area contributed by atoms with Gasteiger partial charge < -0.3 is 14.8 Å². The molecule has 1 atom stereocenters. The lowest BCUT2D eigenvalue weighted by Crippen LogP contribution is -2.24. The first-order valence-corrected chi connectivity index (χ1v) is 23.7. The SMILES string of the molecule is C=CCC/C=C/C1(c2ccccc2)c2ccccc2-c2ccc(N(c3ccc(-c4ccc5c(c4)Nc4cccc6cccc-5c46)cc3)c3ccc4c(c3)c3ccccc3n4-c3ccccc3)cc21. The van der Waals surface area contributed by atoms with Crippen LogP contribution < -0.4 is 10.2 Å². The average Bonchev–Trinajstić information content (AvgIpc) is 3.88. The highest BCUT2D eigenvalue weighted by molar-refractivity contribution is 6.12. The number of rotatable bonds is 10. The van der Waals surface area contributed by atoms with Gasteiger partial charge in [-0.1, -0.05) is 170 Å². The number of fused-ring (bicyclic) bond motifs is 8. The molecule has 2 aliphatic rings. The van der Waals surface area contributed by atoms with Gasteiger partial charge in [-0.15, -0.1) is 6.58 Å². The quantitative estimate of drug-likeness (QED) is 0.109. The van der Waals surface area contributed by atoms with Crippen LogP contribution in [-0.2, 0) is 5.41 Å². The Morgan fingerprint density at radius 1 is 0.471 bits per heavy atom. The predicted molar refractivity (Wildman–Crippen MR) is 287 cm³/mol. The standard InChI is InChI=1S/C65H47N3/c1-2-3-4-15-40-65(47-20-7-5-8-21-47)58-27-13-11-24-52(58)53-38-35-51(43-59(53)65)67(50-36-39-63-57(42-50)55-25-12-14-29-62(55)68(63)48-22-9-6-10-23-48)49-33-30-44(31-34-49)46-32-37-54-56-26-16-18-45-19-17-28-60(64(45)56)66-61(54)41-46/h2,5-43,66H,1,3-4H2/b40-15+. The summed E-state index contributed by atoms with van der Waals surface area (Å²) in [5.41, 5.74) is 19.8. The molecule has 0 spiro atoms. The third-order valence-electron chi connectivity index (χ3n) is 14.3. The molecule has 0 amide bonds. The molecule has 0 saturated heterocycles. The number of hydrogen-bond donors (Lipinski definition) is 1. The normalized spacial score (nSPS) is 14.5. The Labute approximate surface area is 397 Å². The van der Waals surface area contributed by atoms with Crippen LogP contribution >= 0.6 is 0 Å². The van der Waals surface area contributed by atoms with E-state index in [9.17, 15) is 0 Å². The zero-order valence-electron chi connectivity index (χ0n) is 37.6. The summed E-state index contributed by atoms with van der Waals surface area (Å²) in [7, 11) is 0. The Bertz CT molecular complexity index is 3780. The van der Waals surface area contributed by atoms with E-state index in [1.54, 1.807) is 0 Å². The first kappa shape index (κ1) is 39.7. The van der Waals surface area contributed by atoms with Crippen molar-refractivity contribution in [3.63, 3.8) is 0 Å². The van der Waals surface area contributed by atoms with Crippen molar-refractivity contribution in [1.29, 1.82) is 0 Å². The second-order valence-electron chi connectivity index (χ2n) is 18.1. The lowest BCUT2D eigenvalue weighted by atomic mass is 9.72. The number of allylic oxidation sites excluding steroid dienone is 3. The molecule has 2 heterocycles. The topological polar surface area (TPSA) is 20.2 Å². The number of aromatic nitrogens is 1. The summed E-state index contributed by atoms with van der Waals surface area (Å²) >= 11 is 0. The fraction of sp³-hybridized carbons (Fsp3) is 0.0462. The summed E-state index contributed by atoms with van der Waals surface area (Å²) in [4.78, 5) is 2.45. The number of para-hydroxylation sites is 2. The molecule has 3 nitrogen and oxygen atoms in total. The molecule has 1 N–H and O–H groups in total. The first-order chi connectivity index (χ1) is 33.7. The van der Waals surface area contributed by atoms with Crippen molar-refractivity contribution in [2.24, 2.45) is 0 Å². The Kier molecular flexibility index (Phi) is 9.36. The van der Waals surface area contributed by atoms with E-state index < -0.39 is 5.41 Å². The number of hydrogen-bond acceptors (Lipinski definition) is 2. The van der Waals surface area contributed by atoms with Crippen LogP contribution in [-0.4, -0.2) is 4.57 Å². The van der Waals surface area contributed by atoms with Crippen LogP contribution in [0.5, 0.6) is 0 Å². The maximum atomic E-state index is 4.03. The van der Waals surface area contributed by atoms with Crippen LogP contribution in [0.25, 0.3) is 71.6 Å². The monoisotopic (exact) mass is 869 g/mol. The maximum absolute atomic E-state index is 4.03. The Morgan fingerprint density at radius 3 is 1.99 bits per heavy atom. The second-order valence-corrected chi connectivity index (χ2v) is 18.1. The molecule has 1 aliphatic carbocycles. The molecule has 10 aromatic carbocycles. The fourth-order valence-corrected chi connectivity index (χ4v) is 11.3. The molecule has 11 aromatic rings. The second kappa shape index (κ2) is 16.0. The maximum Gasteiger partial charge on any atom is 0.0644 e. The van der Waals surface area contributed by atoms with Crippen LogP contribution in [0, 0.1) is 0 Å². The molecule has 0 fully saturated rings. The van der Waals surface area contributed by atoms with Crippen molar-refractivity contribution in [3.8, 4) is 39.1 Å². The largest absolute Gasteiger partial charge is 0.354 e. The summed E-state index contributed by atoms with van der Waals surface area (Å²) in [5.74, 6) is 0. The summed E-state index contributed by atoms with van der Waals surface area (Å²) in [6.07, 6.45) is 8.67. The van der Waals surface area contributed by atoms with E-state index in [0.29, 0.717) is 0 Å². The number of unbranched alkanes of at least 4 members (excludes halogenated alkanes) is 1. The van der Waals surface area contributed by atoms with Crippen molar-refractivity contribution >= 4 is 61.0 Å². The predicted octanol–water partition coefficient (Wildman–Crippen LogP) is 17.6. The molecule has 322 valence electrons. The number of nitrogens with zero attached hydrogens (tertiary/aromatic N) is 2. The summed E-state index contributed by atoms with van der Waals surface area (Å²) in [6, 6.07) is 82.7. The van der Waals surface area contributed by atoms with Crippen molar-refractivity contribution < 1.29 is 0 Å². The average molecular weight is 870 g/mol. The molecule has 0 saturated carbocycles. The number of nitrogens with one attached hydrogen (secondary N) is 1. The third-order valence-corrected chi connectivity index (χ3v) is 14.3. The molecule has 0 bridgehead atoms. The van der Waals surface area contributed by atoms with Gasteiger partial charge in [0, 0.05) is 55.8 Å². The molecule has 1 unspecified atom stereocenters. The van der Waals surface area contributed by atoms with Gasteiger partial charge >= 0.3 is 0 Å². The van der Waals surface area contributed by atoms with Gasteiger partial charge in [0.05, 0.1) is 16.4 Å². The zero-order valence-corrected chi connectivity index (χ0v) is 37.6. The molecular weight excluding hydrogens is 823 g/mol. The highest BCUT2D eigenvalue weighted by Crippen LogP contribution is 2.55. The van der Waals surface area contributed by atoms with Gasteiger partial charge in [-0.25, -0.2) is 0 Å². The van der Waals surface area contributed by atoms with Crippen LogP contribution in [0.3, 0.4) is 0 Å². The van der Waals surface area contributed by atoms with Crippen molar-refractivity contribution in [3.05, 3.63) is 266 Å². The van der Waals surface area contributed by atoms with Gasteiger partial charge in [0.1, 0.15) is 0 Å². The van der Waals surface area contributed by atoms with E-state index in [0.717, 1.165) is 52.5 Å². The van der Waals surface area contributed by atoms with E-state index in [4.69, 9.17) is 0 Å². The molecule has 0 radical (unpaired) electrons. The fourth-order valence-electron chi connectivity index (χ4n) is 11.3. The van der Waals surface area contributed by atoms with Crippen molar-refractivity contribution in [2.75, 3.05) is 10.2 Å². The first-order valence-electron chi connectivity index (χ1n) is 23.7. The smallest absolute Gasteiger partial charge is 0.0644 e. The van der Waals surface area contributed by atoms with E-state index in [1.165, 1.54) is 77.1 Å². The van der Waals surface area contributed by atoms with Crippen LogP contribution in [0.15, 0.2) is 249 Å². The highest BCUT2D eigenvalue weighted by Gasteiger charge is 2.43. The lowest BCUT2D eigenvalue weighted by molar-refractivity contribution is 0.797. The summed E-state index contributed by atoms with van der Waals surface area (Å²) in [5, 5.41) is 8.74. The Hall–Kier alpha value is -8.66. The van der Waals surface area contributed by atoms with Crippen molar-refractivity contribution in [2.45, 2.75) is 18.3 Å². The van der Waals surface area contributed by atoms with Crippen LogP contribution in [0.1, 0.15) is 29.5 Å². The summed E-state index contributed by atoms with van der Waals surface area (Å²) < 4.78 is 2.39. The minimum Gasteiger partial charge on any atom is -0.354 e. The number of anilines is 5. The Balaban J connectivity index is 0.986. The van der Waals surface area contributed by atoms with E-state index in [1.807, 2.05) is 6.08 Å². The molecule has 13 rings (SSSR count). The van der Waals surface area contributed by atoms with E-state index in [2.05, 4.69) is 258 Å². The minimum absolute atomic E-state index is 0.487. The lowest BCUT2D eigenvalue weighted by Gasteiger charge is -2.32. The molecule has 1 aliphatic heterocycles. The van der Waals surface area contributed by atoms with E-state index in [-0.39, 0.29) is 0 Å². The van der Waals surface area contributed by atoms with Crippen LogP contribution in [0.2, 0.25) is 0 Å². The third kappa shape index (κ3) is 6.20. The molecular formula is C65H47N3. The van der Waals surface area contributed by atoms with Gasteiger partial charge in [0.25, 0.3) is 0 Å². The van der Waals surface area contributed by atoms with Crippen LogP contribution in [0.4, 0.5) is 28.4 Å². The van der Waals surface area contributed by atoms with Gasteiger partial charge in [-0.2, -0.15) is 0 Å². The minimum atomic E-state index is -0.487. The molecule has 3 heteroatoms. The van der Waals surface area contributed by atoms with Gasteiger partial charge in [-0.05, 0) is 136 Å². The van der Waals surface area contributed by atoms with Gasteiger partial charge in [0.2, 0.25) is 0 Å². The van der Waals surface area contributed by atoms with E-state index >= 15 is 0 Å². The summed E-state index contributed by atoms with van der Waals surface area (Å²) in [6.45, 7) is 4.03.